The summed E-state index contributed by atoms with van der Waals surface area (Å²) in [6.45, 7) is 5.05. The maximum absolute atomic E-state index is 13.1. The van der Waals surface area contributed by atoms with Crippen molar-refractivity contribution in [2.45, 2.75) is 44.4 Å². The second kappa shape index (κ2) is 11.1. The van der Waals surface area contributed by atoms with Crippen molar-refractivity contribution in [2.75, 3.05) is 13.1 Å². The van der Waals surface area contributed by atoms with Crippen molar-refractivity contribution in [3.63, 3.8) is 0 Å². The number of unbranched alkanes of at least 4 members (excludes halogenated alkanes) is 2. The van der Waals surface area contributed by atoms with Crippen molar-refractivity contribution < 1.29 is 13.2 Å². The molecular formula is C23H27Cl2N3O3S2. The van der Waals surface area contributed by atoms with Crippen LogP contribution in [0.1, 0.15) is 49.9 Å². The van der Waals surface area contributed by atoms with Gasteiger partial charge in [-0.1, -0.05) is 61.2 Å². The lowest BCUT2D eigenvalue weighted by atomic mass is 10.2. The van der Waals surface area contributed by atoms with Gasteiger partial charge in [0.2, 0.25) is 10.0 Å². The van der Waals surface area contributed by atoms with Gasteiger partial charge in [-0.15, -0.1) is 0 Å². The molecule has 0 atom stereocenters. The summed E-state index contributed by atoms with van der Waals surface area (Å²) in [6, 6.07) is 9.39. The number of nitrogens with zero attached hydrogens (tertiary/aromatic N) is 3. The van der Waals surface area contributed by atoms with Crippen molar-refractivity contribution >= 4 is 60.7 Å². The molecule has 33 heavy (non-hydrogen) atoms. The third-order valence-corrected chi connectivity index (χ3v) is 8.77. The van der Waals surface area contributed by atoms with Gasteiger partial charge >= 0.3 is 0 Å². The summed E-state index contributed by atoms with van der Waals surface area (Å²) in [5, 5.41) is 0.992. The van der Waals surface area contributed by atoms with Gasteiger partial charge in [0.05, 0.1) is 20.1 Å². The van der Waals surface area contributed by atoms with Crippen molar-refractivity contribution in [1.82, 2.24) is 8.87 Å². The highest BCUT2D eigenvalue weighted by Crippen LogP contribution is 2.29. The first kappa shape index (κ1) is 25.9. The van der Waals surface area contributed by atoms with E-state index in [9.17, 15) is 13.2 Å². The molecule has 0 N–H and O–H groups in total. The molecule has 1 heterocycles. The Bertz CT molecular complexity index is 1310. The molecule has 1 aromatic heterocycles. The van der Waals surface area contributed by atoms with E-state index in [1.165, 1.54) is 39.9 Å². The minimum absolute atomic E-state index is 0.181. The average Bonchev–Trinajstić information content (AvgIpc) is 3.08. The van der Waals surface area contributed by atoms with Crippen LogP contribution in [0.15, 0.2) is 46.3 Å². The summed E-state index contributed by atoms with van der Waals surface area (Å²) in [5.74, 6) is -0.461. The van der Waals surface area contributed by atoms with Gasteiger partial charge in [0.1, 0.15) is 0 Å². The molecule has 0 fully saturated rings. The van der Waals surface area contributed by atoms with Crippen molar-refractivity contribution in [2.24, 2.45) is 12.0 Å². The van der Waals surface area contributed by atoms with Crippen LogP contribution in [0, 0.1) is 0 Å². The van der Waals surface area contributed by atoms with Crippen LogP contribution in [-0.4, -0.2) is 36.3 Å². The number of benzene rings is 2. The zero-order valence-corrected chi connectivity index (χ0v) is 22.0. The van der Waals surface area contributed by atoms with E-state index in [1.807, 2.05) is 13.8 Å². The van der Waals surface area contributed by atoms with Crippen LogP contribution < -0.4 is 4.80 Å². The highest BCUT2D eigenvalue weighted by atomic mass is 35.5. The highest BCUT2D eigenvalue weighted by molar-refractivity contribution is 7.89. The van der Waals surface area contributed by atoms with Gasteiger partial charge in [0.15, 0.2) is 4.80 Å². The smallest absolute Gasteiger partial charge is 0.279 e. The zero-order chi connectivity index (χ0) is 24.2. The summed E-state index contributed by atoms with van der Waals surface area (Å²) >= 11 is 13.7. The van der Waals surface area contributed by atoms with E-state index in [0.29, 0.717) is 33.5 Å². The quantitative estimate of drug-likeness (QED) is 0.348. The number of aryl methyl sites for hydroxylation is 1. The highest BCUT2D eigenvalue weighted by Gasteiger charge is 2.23. The Morgan fingerprint density at radius 1 is 1.06 bits per heavy atom. The Morgan fingerprint density at radius 2 is 1.67 bits per heavy atom. The van der Waals surface area contributed by atoms with Crippen LogP contribution in [0.25, 0.3) is 10.2 Å². The number of fused-ring (bicyclic) bond motifs is 1. The molecule has 0 aliphatic carbocycles. The van der Waals surface area contributed by atoms with Gasteiger partial charge in [-0.3, -0.25) is 4.79 Å². The normalized spacial score (nSPS) is 12.7. The number of hydrogen-bond acceptors (Lipinski definition) is 4. The minimum atomic E-state index is -3.62. The Kier molecular flexibility index (Phi) is 8.75. The summed E-state index contributed by atoms with van der Waals surface area (Å²) < 4.78 is 30.3. The molecule has 0 aliphatic rings. The largest absolute Gasteiger partial charge is 0.318 e. The van der Waals surface area contributed by atoms with E-state index in [0.717, 1.165) is 35.9 Å². The number of rotatable bonds is 9. The fourth-order valence-electron chi connectivity index (χ4n) is 3.40. The molecule has 0 radical (unpaired) electrons. The van der Waals surface area contributed by atoms with Crippen LogP contribution in [0.4, 0.5) is 0 Å². The van der Waals surface area contributed by atoms with Crippen LogP contribution in [0.3, 0.4) is 0 Å². The summed E-state index contributed by atoms with van der Waals surface area (Å²) in [5.41, 5.74) is 1.06. The average molecular weight is 529 g/mol. The standard InChI is InChI=1S/C23H27Cl2N3O3S2/c1-4-6-12-28(13-7-5-2)33(30,31)18-10-8-16(9-11-18)22(29)26-23-27(3)21-19(25)14-17(24)15-20(21)32-23/h8-11,14-15H,4-7,12-13H2,1-3H3. The molecule has 0 aliphatic heterocycles. The first-order chi connectivity index (χ1) is 15.7. The Hall–Kier alpha value is -1.71. The number of aromatic nitrogens is 1. The van der Waals surface area contributed by atoms with E-state index >= 15 is 0 Å². The predicted octanol–water partition coefficient (Wildman–Crippen LogP) is 5.88. The van der Waals surface area contributed by atoms with Gasteiger partial charge in [0, 0.05) is 30.7 Å². The Balaban J connectivity index is 1.89. The second-order valence-electron chi connectivity index (χ2n) is 7.73. The molecule has 3 rings (SSSR count). The molecule has 6 nitrogen and oxygen atoms in total. The SMILES string of the molecule is CCCCN(CCCC)S(=O)(=O)c1ccc(C(=O)N=c2sc3cc(Cl)cc(Cl)c3n2C)cc1. The molecular weight excluding hydrogens is 501 g/mol. The van der Waals surface area contributed by atoms with Crippen LogP contribution >= 0.6 is 34.5 Å². The number of carbonyl (C=O) groups is 1. The van der Waals surface area contributed by atoms with Gasteiger partial charge in [-0.25, -0.2) is 8.42 Å². The van der Waals surface area contributed by atoms with Crippen LogP contribution in [0.2, 0.25) is 10.0 Å². The molecule has 0 spiro atoms. The minimum Gasteiger partial charge on any atom is -0.318 e. The topological polar surface area (TPSA) is 71.7 Å². The zero-order valence-electron chi connectivity index (χ0n) is 18.8. The third-order valence-electron chi connectivity index (χ3n) is 5.28. The molecule has 0 bridgehead atoms. The summed E-state index contributed by atoms with van der Waals surface area (Å²) in [6.07, 6.45) is 3.44. The predicted molar refractivity (Wildman–Crippen MR) is 136 cm³/mol. The Labute approximate surface area is 208 Å². The second-order valence-corrected chi connectivity index (χ2v) is 11.5. The maximum Gasteiger partial charge on any atom is 0.279 e. The third kappa shape index (κ3) is 5.87. The molecule has 0 saturated carbocycles. The lowest BCUT2D eigenvalue weighted by Crippen LogP contribution is -2.33. The molecule has 1 amide bonds. The molecule has 10 heteroatoms. The number of hydrogen-bond donors (Lipinski definition) is 0. The van der Waals surface area contributed by atoms with Crippen molar-refractivity contribution in [1.29, 1.82) is 0 Å². The molecule has 178 valence electrons. The van der Waals surface area contributed by atoms with E-state index in [1.54, 1.807) is 23.7 Å². The fourth-order valence-corrected chi connectivity index (χ4v) is 6.74. The molecule has 0 saturated heterocycles. The molecule has 2 aromatic carbocycles. The number of amides is 1. The van der Waals surface area contributed by atoms with Gasteiger partial charge in [0.25, 0.3) is 5.91 Å². The first-order valence-corrected chi connectivity index (χ1v) is 13.8. The number of sulfonamides is 1. The van der Waals surface area contributed by atoms with Gasteiger partial charge in [-0.05, 0) is 49.2 Å². The van der Waals surface area contributed by atoms with Crippen LogP contribution in [-0.2, 0) is 17.1 Å². The lowest BCUT2D eigenvalue weighted by molar-refractivity contribution is 0.0998. The van der Waals surface area contributed by atoms with E-state index in [4.69, 9.17) is 23.2 Å². The van der Waals surface area contributed by atoms with Gasteiger partial charge in [-0.2, -0.15) is 9.30 Å². The van der Waals surface area contributed by atoms with Crippen molar-refractivity contribution in [3.05, 3.63) is 56.8 Å². The van der Waals surface area contributed by atoms with Gasteiger partial charge < -0.3 is 4.57 Å². The van der Waals surface area contributed by atoms with Crippen LogP contribution in [0.5, 0.6) is 0 Å². The Morgan fingerprint density at radius 3 is 2.24 bits per heavy atom. The summed E-state index contributed by atoms with van der Waals surface area (Å²) in [7, 11) is -1.84. The van der Waals surface area contributed by atoms with E-state index in [2.05, 4.69) is 4.99 Å². The van der Waals surface area contributed by atoms with E-state index in [-0.39, 0.29) is 4.90 Å². The number of halogens is 2. The first-order valence-electron chi connectivity index (χ1n) is 10.8. The number of thiazole rings is 1. The summed E-state index contributed by atoms with van der Waals surface area (Å²) in [4.78, 5) is 17.7. The molecule has 3 aromatic rings. The monoisotopic (exact) mass is 527 g/mol. The molecule has 0 unspecified atom stereocenters. The lowest BCUT2D eigenvalue weighted by Gasteiger charge is -2.22. The maximum atomic E-state index is 13.1. The number of carbonyl (C=O) groups excluding carboxylic acids is 1. The van der Waals surface area contributed by atoms with E-state index < -0.39 is 15.9 Å². The fraction of sp³-hybridized carbons (Fsp3) is 0.391. The van der Waals surface area contributed by atoms with Crippen molar-refractivity contribution in [3.8, 4) is 0 Å².